The molecule has 5 aromatic heterocycles. The normalized spacial score (nSPS) is 19.2. The van der Waals surface area contributed by atoms with Gasteiger partial charge in [-0.05, 0) is 25.7 Å². The van der Waals surface area contributed by atoms with Crippen molar-refractivity contribution in [3.63, 3.8) is 0 Å². The summed E-state index contributed by atoms with van der Waals surface area (Å²) in [6.07, 6.45) is 10.5. The Labute approximate surface area is 231 Å². The van der Waals surface area contributed by atoms with Gasteiger partial charge in [0.1, 0.15) is 11.3 Å². The van der Waals surface area contributed by atoms with Crippen molar-refractivity contribution in [2.45, 2.75) is 69.9 Å². The summed E-state index contributed by atoms with van der Waals surface area (Å²) in [7, 11) is 3.51. The molecule has 0 aromatic carbocycles. The van der Waals surface area contributed by atoms with Crippen LogP contribution in [0.2, 0.25) is 0 Å². The molecule has 7 rings (SSSR count). The fraction of sp³-hybridized carbons (Fsp3) is 0.464. The summed E-state index contributed by atoms with van der Waals surface area (Å²) in [4.78, 5) is 18.3. The largest absolute Gasteiger partial charge is 0.491 e. The van der Waals surface area contributed by atoms with Crippen LogP contribution >= 0.6 is 0 Å². The van der Waals surface area contributed by atoms with Crippen LogP contribution in [0.4, 0.5) is 11.8 Å². The van der Waals surface area contributed by atoms with Gasteiger partial charge in [-0.15, -0.1) is 0 Å². The number of pyridine rings is 1. The number of anilines is 2. The van der Waals surface area contributed by atoms with Gasteiger partial charge in [0.25, 0.3) is 0 Å². The minimum Gasteiger partial charge on any atom is -0.491 e. The maximum atomic E-state index is 9.86. The van der Waals surface area contributed by atoms with E-state index in [1.807, 2.05) is 26.9 Å². The number of aromatic nitrogens is 8. The van der Waals surface area contributed by atoms with Crippen molar-refractivity contribution in [1.29, 1.82) is 0 Å². The monoisotopic (exact) mass is 543 g/mol. The van der Waals surface area contributed by atoms with Crippen molar-refractivity contribution in [2.24, 2.45) is 7.05 Å². The molecular weight excluding hydrogens is 510 g/mol. The van der Waals surface area contributed by atoms with Crippen LogP contribution in [0.3, 0.4) is 0 Å². The van der Waals surface area contributed by atoms with E-state index >= 15 is 0 Å². The van der Waals surface area contributed by atoms with E-state index in [4.69, 9.17) is 19.6 Å². The average molecular weight is 544 g/mol. The fourth-order valence-corrected chi connectivity index (χ4v) is 5.38. The third-order valence-corrected chi connectivity index (χ3v) is 7.76. The van der Waals surface area contributed by atoms with Gasteiger partial charge in [-0.1, -0.05) is 20.8 Å². The average Bonchev–Trinajstić information content (AvgIpc) is 3.38. The molecule has 0 saturated heterocycles. The van der Waals surface area contributed by atoms with Gasteiger partial charge < -0.3 is 24.5 Å². The molecule has 0 bridgehead atoms. The SMILES string of the molecule is COc1c(Oc2cnc3cnc(C4CC4)n3c2)cnc2nc(Nc3cc(C(C)(C)C)n(C4CC(O)C4)n3)n(C)c12. The summed E-state index contributed by atoms with van der Waals surface area (Å²) >= 11 is 0. The van der Waals surface area contributed by atoms with Gasteiger partial charge in [0, 0.05) is 30.1 Å². The fourth-order valence-electron chi connectivity index (χ4n) is 5.38. The van der Waals surface area contributed by atoms with Crippen molar-refractivity contribution in [3.05, 3.63) is 42.4 Å². The minimum absolute atomic E-state index is 0.106. The summed E-state index contributed by atoms with van der Waals surface area (Å²) in [5.41, 5.74) is 3.00. The van der Waals surface area contributed by atoms with E-state index in [1.165, 1.54) is 0 Å². The first-order valence-corrected chi connectivity index (χ1v) is 13.6. The molecule has 0 aliphatic heterocycles. The van der Waals surface area contributed by atoms with Crippen LogP contribution in [0.15, 0.2) is 30.9 Å². The lowest BCUT2D eigenvalue weighted by atomic mass is 9.87. The standard InChI is InChI=1S/C28H33N9O3/c1-28(2,3)20-10-21(34-37(20)16-8-17(38)9-16)32-27-33-25-23(35(27)4)24(39-5)19(12-30-25)40-18-11-29-22-13-31-26(15-6-7-15)36(22)14-18/h10-17,38H,6-9H2,1-5H3,(H,30,32,33,34). The Hall–Kier alpha value is -4.19. The van der Waals surface area contributed by atoms with Crippen LogP contribution < -0.4 is 14.8 Å². The highest BCUT2D eigenvalue weighted by Crippen LogP contribution is 2.41. The lowest BCUT2D eigenvalue weighted by Gasteiger charge is -2.34. The lowest BCUT2D eigenvalue weighted by Crippen LogP contribution is -2.34. The Morgan fingerprint density at radius 2 is 1.88 bits per heavy atom. The maximum Gasteiger partial charge on any atom is 0.211 e. The van der Waals surface area contributed by atoms with Gasteiger partial charge in [-0.2, -0.15) is 10.1 Å². The minimum atomic E-state index is -0.258. The molecule has 12 heteroatoms. The predicted octanol–water partition coefficient (Wildman–Crippen LogP) is 4.62. The zero-order valence-electron chi connectivity index (χ0n) is 23.3. The summed E-state index contributed by atoms with van der Waals surface area (Å²) in [5, 5.41) is 18.1. The molecule has 2 aliphatic rings. The van der Waals surface area contributed by atoms with Crippen molar-refractivity contribution < 1.29 is 14.6 Å². The van der Waals surface area contributed by atoms with E-state index in [0.29, 0.717) is 58.9 Å². The number of hydrogen-bond acceptors (Lipinski definition) is 9. The summed E-state index contributed by atoms with van der Waals surface area (Å²) in [5.74, 6) is 4.31. The van der Waals surface area contributed by atoms with Crippen LogP contribution in [0, 0.1) is 0 Å². The molecule has 5 heterocycles. The summed E-state index contributed by atoms with van der Waals surface area (Å²) in [6.45, 7) is 6.49. The summed E-state index contributed by atoms with van der Waals surface area (Å²) < 4.78 is 18.0. The van der Waals surface area contributed by atoms with Gasteiger partial charge in [0.05, 0.1) is 44.0 Å². The number of hydrogen-bond donors (Lipinski definition) is 2. The Morgan fingerprint density at radius 3 is 2.58 bits per heavy atom. The van der Waals surface area contributed by atoms with E-state index in [2.05, 4.69) is 47.1 Å². The Bertz CT molecular complexity index is 1740. The Balaban J connectivity index is 1.21. The third-order valence-electron chi connectivity index (χ3n) is 7.76. The van der Waals surface area contributed by atoms with E-state index in [-0.39, 0.29) is 17.6 Å². The predicted molar refractivity (Wildman–Crippen MR) is 149 cm³/mol. The quantitative estimate of drug-likeness (QED) is 0.302. The molecule has 2 N–H and O–H groups in total. The van der Waals surface area contributed by atoms with Crippen molar-refractivity contribution in [3.8, 4) is 17.2 Å². The Kier molecular flexibility index (Phi) is 5.53. The van der Waals surface area contributed by atoms with E-state index in [9.17, 15) is 5.11 Å². The molecule has 0 unspecified atom stereocenters. The van der Waals surface area contributed by atoms with Gasteiger partial charge in [0.2, 0.25) is 5.95 Å². The topological polar surface area (TPSA) is 129 Å². The molecule has 5 aromatic rings. The Morgan fingerprint density at radius 1 is 1.07 bits per heavy atom. The number of aliphatic hydroxyl groups is 1. The first kappa shape index (κ1) is 24.8. The number of methoxy groups -OCH3 is 1. The number of nitrogens with zero attached hydrogens (tertiary/aromatic N) is 8. The maximum absolute atomic E-state index is 9.86. The number of imidazole rings is 2. The third kappa shape index (κ3) is 4.14. The molecule has 208 valence electrons. The molecule has 2 aliphatic carbocycles. The molecule has 12 nitrogen and oxygen atoms in total. The zero-order chi connectivity index (χ0) is 27.8. The summed E-state index contributed by atoms with van der Waals surface area (Å²) in [6, 6.07) is 2.25. The van der Waals surface area contributed by atoms with Crippen molar-refractivity contribution >= 4 is 28.6 Å². The second kappa shape index (κ2) is 8.91. The number of aliphatic hydroxyl groups excluding tert-OH is 1. The molecule has 0 radical (unpaired) electrons. The number of ether oxygens (including phenoxy) is 2. The number of fused-ring (bicyclic) bond motifs is 2. The first-order valence-electron chi connectivity index (χ1n) is 13.6. The zero-order valence-corrected chi connectivity index (χ0v) is 23.3. The molecule has 0 spiro atoms. The van der Waals surface area contributed by atoms with Crippen LogP contribution in [0.1, 0.15) is 69.9 Å². The second-order valence-electron chi connectivity index (χ2n) is 11.8. The van der Waals surface area contributed by atoms with Crippen molar-refractivity contribution in [1.82, 2.24) is 38.7 Å². The molecule has 2 saturated carbocycles. The van der Waals surface area contributed by atoms with Gasteiger partial charge in [-0.3, -0.25) is 9.08 Å². The highest BCUT2D eigenvalue weighted by molar-refractivity contribution is 5.84. The molecule has 0 atom stereocenters. The first-order chi connectivity index (χ1) is 19.2. The van der Waals surface area contributed by atoms with Gasteiger partial charge >= 0.3 is 0 Å². The van der Waals surface area contributed by atoms with Crippen LogP contribution in [-0.4, -0.2) is 57.0 Å². The molecule has 40 heavy (non-hydrogen) atoms. The molecule has 2 fully saturated rings. The highest BCUT2D eigenvalue weighted by Gasteiger charge is 2.34. The van der Waals surface area contributed by atoms with Crippen molar-refractivity contribution in [2.75, 3.05) is 12.4 Å². The van der Waals surface area contributed by atoms with Gasteiger partial charge in [-0.25, -0.2) is 15.0 Å². The smallest absolute Gasteiger partial charge is 0.211 e. The number of aryl methyl sites for hydroxylation is 1. The molecule has 0 amide bonds. The lowest BCUT2D eigenvalue weighted by molar-refractivity contribution is 0.0411. The van der Waals surface area contributed by atoms with E-state index < -0.39 is 0 Å². The highest BCUT2D eigenvalue weighted by atomic mass is 16.5. The van der Waals surface area contributed by atoms with Crippen LogP contribution in [0.5, 0.6) is 17.2 Å². The van der Waals surface area contributed by atoms with E-state index in [1.54, 1.807) is 25.7 Å². The van der Waals surface area contributed by atoms with Crippen LogP contribution in [0.25, 0.3) is 16.8 Å². The number of rotatable bonds is 7. The van der Waals surface area contributed by atoms with Gasteiger partial charge in [0.15, 0.2) is 34.4 Å². The number of nitrogens with one attached hydrogen (secondary N) is 1. The van der Waals surface area contributed by atoms with Crippen LogP contribution in [-0.2, 0) is 12.5 Å². The second-order valence-corrected chi connectivity index (χ2v) is 11.8. The molecular formula is C28H33N9O3. The van der Waals surface area contributed by atoms with E-state index in [0.717, 1.165) is 30.0 Å².